The van der Waals surface area contributed by atoms with Crippen molar-refractivity contribution in [2.75, 3.05) is 32.8 Å². The fourth-order valence-electron chi connectivity index (χ4n) is 3.99. The van der Waals surface area contributed by atoms with Gasteiger partial charge in [-0.25, -0.2) is 0 Å². The van der Waals surface area contributed by atoms with Gasteiger partial charge in [-0.1, -0.05) is 42.5 Å². The van der Waals surface area contributed by atoms with Gasteiger partial charge < -0.3 is 19.5 Å². The first-order valence-electron chi connectivity index (χ1n) is 11.4. The molecule has 1 aliphatic rings. The number of para-hydroxylation sites is 3. The lowest BCUT2D eigenvalue weighted by Crippen LogP contribution is -2.49. The van der Waals surface area contributed by atoms with Crippen molar-refractivity contribution in [1.82, 2.24) is 9.80 Å². The smallest absolute Gasteiger partial charge is 0.226 e. The maximum absolute atomic E-state index is 12.6. The van der Waals surface area contributed by atoms with Gasteiger partial charge in [0.2, 0.25) is 5.91 Å². The van der Waals surface area contributed by atoms with E-state index in [0.717, 1.165) is 24.6 Å². The number of aromatic hydroxyl groups is 1. The summed E-state index contributed by atoms with van der Waals surface area (Å²) in [4.78, 5) is 16.9. The third-order valence-corrected chi connectivity index (χ3v) is 5.99. The van der Waals surface area contributed by atoms with Crippen LogP contribution in [0.4, 0.5) is 0 Å². The Labute approximate surface area is 195 Å². The van der Waals surface area contributed by atoms with Gasteiger partial charge in [0.05, 0.1) is 13.0 Å². The zero-order valence-electron chi connectivity index (χ0n) is 18.9. The summed E-state index contributed by atoms with van der Waals surface area (Å²) in [5.74, 6) is 2.22. The van der Waals surface area contributed by atoms with Crippen LogP contribution in [0.25, 0.3) is 0 Å². The Morgan fingerprint density at radius 1 is 0.879 bits per heavy atom. The highest BCUT2D eigenvalue weighted by molar-refractivity contribution is 5.76. The van der Waals surface area contributed by atoms with Crippen LogP contribution in [-0.2, 0) is 4.79 Å². The van der Waals surface area contributed by atoms with E-state index in [1.165, 1.54) is 5.56 Å². The molecule has 3 aromatic rings. The molecule has 0 bridgehead atoms. The zero-order valence-corrected chi connectivity index (χ0v) is 18.9. The predicted molar refractivity (Wildman–Crippen MR) is 128 cm³/mol. The van der Waals surface area contributed by atoms with Gasteiger partial charge in [-0.15, -0.1) is 0 Å². The van der Waals surface area contributed by atoms with E-state index >= 15 is 0 Å². The lowest BCUT2D eigenvalue weighted by atomic mass is 10.1. The molecule has 0 aliphatic carbocycles. The lowest BCUT2D eigenvalue weighted by Gasteiger charge is -2.38. The van der Waals surface area contributed by atoms with Crippen LogP contribution >= 0.6 is 0 Å². The quantitative estimate of drug-likeness (QED) is 0.536. The summed E-state index contributed by atoms with van der Waals surface area (Å²) in [7, 11) is 0. The summed E-state index contributed by atoms with van der Waals surface area (Å²) < 4.78 is 11.4. The number of piperazine rings is 1. The summed E-state index contributed by atoms with van der Waals surface area (Å²) >= 11 is 0. The molecule has 0 aromatic heterocycles. The molecular weight excluding hydrogens is 416 g/mol. The van der Waals surface area contributed by atoms with Gasteiger partial charge in [0.15, 0.2) is 11.5 Å². The highest BCUT2D eigenvalue weighted by Crippen LogP contribution is 2.27. The van der Waals surface area contributed by atoms with Crippen LogP contribution in [0, 0.1) is 0 Å². The number of carbonyl (C=O) groups excluding carboxylic acids is 1. The molecular formula is C27H30N2O4. The van der Waals surface area contributed by atoms with Gasteiger partial charge in [0.25, 0.3) is 0 Å². The molecule has 1 aliphatic heterocycles. The van der Waals surface area contributed by atoms with Crippen molar-refractivity contribution in [2.24, 2.45) is 0 Å². The topological polar surface area (TPSA) is 62.2 Å². The molecule has 6 nitrogen and oxygen atoms in total. The Bertz CT molecular complexity index is 1030. The Balaban J connectivity index is 1.22. The van der Waals surface area contributed by atoms with Gasteiger partial charge in [0.1, 0.15) is 11.5 Å². The molecule has 0 spiro atoms. The van der Waals surface area contributed by atoms with Crippen molar-refractivity contribution >= 4 is 5.91 Å². The van der Waals surface area contributed by atoms with E-state index in [4.69, 9.17) is 9.47 Å². The molecule has 3 aromatic carbocycles. The fourth-order valence-corrected chi connectivity index (χ4v) is 3.99. The molecule has 4 rings (SSSR count). The van der Waals surface area contributed by atoms with E-state index in [1.807, 2.05) is 47.4 Å². The largest absolute Gasteiger partial charge is 0.504 e. The number of carbonyl (C=O) groups is 1. The number of benzene rings is 3. The first-order valence-corrected chi connectivity index (χ1v) is 11.4. The van der Waals surface area contributed by atoms with E-state index < -0.39 is 0 Å². The first kappa shape index (κ1) is 22.7. The number of hydrogen-bond donors (Lipinski definition) is 1. The van der Waals surface area contributed by atoms with Gasteiger partial charge in [-0.05, 0) is 48.9 Å². The summed E-state index contributed by atoms with van der Waals surface area (Å²) in [6, 6.07) is 25.0. The van der Waals surface area contributed by atoms with Crippen molar-refractivity contribution < 1.29 is 19.4 Å². The van der Waals surface area contributed by atoms with Crippen molar-refractivity contribution in [3.8, 4) is 23.0 Å². The molecule has 1 N–H and O–H groups in total. The minimum atomic E-state index is 0.0835. The SMILES string of the molecule is CC(c1ccc(Oc2ccccc2)cc1)N1CCN(C(=O)CCOc2ccccc2O)CC1. The van der Waals surface area contributed by atoms with E-state index in [-0.39, 0.29) is 24.3 Å². The number of nitrogens with zero attached hydrogens (tertiary/aromatic N) is 2. The minimum absolute atomic E-state index is 0.0835. The number of amides is 1. The number of phenolic OH excluding ortho intramolecular Hbond substituents is 1. The Morgan fingerprint density at radius 3 is 2.21 bits per heavy atom. The summed E-state index contributed by atoms with van der Waals surface area (Å²) in [6.07, 6.45) is 0.298. The standard InChI is InChI=1S/C27H30N2O4/c1-21(22-11-13-24(14-12-22)33-23-7-3-2-4-8-23)28-16-18-29(19-17-28)27(31)15-20-32-26-10-6-5-9-25(26)30/h2-14,21,30H,15-20H2,1H3. The third kappa shape index (κ3) is 6.05. The molecule has 0 saturated carbocycles. The second kappa shape index (κ2) is 10.9. The van der Waals surface area contributed by atoms with Gasteiger partial charge in [-0.2, -0.15) is 0 Å². The molecule has 6 heteroatoms. The maximum atomic E-state index is 12.6. The average molecular weight is 447 g/mol. The van der Waals surface area contributed by atoms with E-state index in [9.17, 15) is 9.90 Å². The van der Waals surface area contributed by atoms with Crippen LogP contribution in [0.3, 0.4) is 0 Å². The summed E-state index contributed by atoms with van der Waals surface area (Å²) in [6.45, 7) is 5.52. The van der Waals surface area contributed by atoms with Crippen LogP contribution in [-0.4, -0.2) is 53.6 Å². The Morgan fingerprint density at radius 2 is 1.52 bits per heavy atom. The monoisotopic (exact) mass is 446 g/mol. The predicted octanol–water partition coefficient (Wildman–Crippen LogP) is 4.86. The normalized spacial score (nSPS) is 15.1. The fraction of sp³-hybridized carbons (Fsp3) is 0.296. The maximum Gasteiger partial charge on any atom is 0.226 e. The van der Waals surface area contributed by atoms with Crippen molar-refractivity contribution in [1.29, 1.82) is 0 Å². The molecule has 172 valence electrons. The summed E-state index contributed by atoms with van der Waals surface area (Å²) in [5, 5.41) is 9.75. The Kier molecular flexibility index (Phi) is 7.47. The average Bonchev–Trinajstić information content (AvgIpc) is 2.86. The van der Waals surface area contributed by atoms with Crippen molar-refractivity contribution in [3.05, 3.63) is 84.4 Å². The first-order chi connectivity index (χ1) is 16.1. The second-order valence-electron chi connectivity index (χ2n) is 8.14. The minimum Gasteiger partial charge on any atom is -0.504 e. The molecule has 0 radical (unpaired) electrons. The molecule has 33 heavy (non-hydrogen) atoms. The highest BCUT2D eigenvalue weighted by atomic mass is 16.5. The molecule has 1 fully saturated rings. The van der Waals surface area contributed by atoms with E-state index in [0.29, 0.717) is 25.3 Å². The van der Waals surface area contributed by atoms with Crippen molar-refractivity contribution in [2.45, 2.75) is 19.4 Å². The van der Waals surface area contributed by atoms with Crippen molar-refractivity contribution in [3.63, 3.8) is 0 Å². The molecule has 1 amide bonds. The molecule has 1 unspecified atom stereocenters. The van der Waals surface area contributed by atoms with Crippen LogP contribution in [0.5, 0.6) is 23.0 Å². The van der Waals surface area contributed by atoms with Gasteiger partial charge in [-0.3, -0.25) is 9.69 Å². The molecule has 1 heterocycles. The number of phenols is 1. The highest BCUT2D eigenvalue weighted by Gasteiger charge is 2.24. The zero-order chi connectivity index (χ0) is 23.0. The Hall–Kier alpha value is -3.51. The molecule has 1 saturated heterocycles. The van der Waals surface area contributed by atoms with Gasteiger partial charge in [0, 0.05) is 32.2 Å². The molecule has 1 atom stereocenters. The summed E-state index contributed by atoms with van der Waals surface area (Å²) in [5.41, 5.74) is 1.23. The number of hydrogen-bond acceptors (Lipinski definition) is 5. The number of rotatable bonds is 8. The lowest BCUT2D eigenvalue weighted by molar-refractivity contribution is -0.133. The van der Waals surface area contributed by atoms with Crippen LogP contribution in [0.2, 0.25) is 0 Å². The van der Waals surface area contributed by atoms with E-state index in [1.54, 1.807) is 24.3 Å². The van der Waals surface area contributed by atoms with Crippen LogP contribution < -0.4 is 9.47 Å². The second-order valence-corrected chi connectivity index (χ2v) is 8.14. The van der Waals surface area contributed by atoms with E-state index in [2.05, 4.69) is 24.0 Å². The van der Waals surface area contributed by atoms with Crippen LogP contribution in [0.15, 0.2) is 78.9 Å². The number of ether oxygens (including phenoxy) is 2. The third-order valence-electron chi connectivity index (χ3n) is 5.99. The van der Waals surface area contributed by atoms with Crippen LogP contribution in [0.1, 0.15) is 24.9 Å². The van der Waals surface area contributed by atoms with Gasteiger partial charge >= 0.3 is 0 Å².